The normalized spacial score (nSPS) is 14.3. The van der Waals surface area contributed by atoms with Crippen LogP contribution in [0.25, 0.3) is 0 Å². The fraction of sp³-hybridized carbons (Fsp3) is 0.951. The van der Waals surface area contributed by atoms with E-state index in [-0.39, 0.29) is 25.7 Å². The number of hydrogen-bond donors (Lipinski definition) is 3. The predicted octanol–water partition coefficient (Wildman–Crippen LogP) is 24.4. The minimum atomic E-state index is -4.96. The maximum Gasteiger partial charge on any atom is 0.472 e. The van der Waals surface area contributed by atoms with Crippen molar-refractivity contribution in [1.82, 2.24) is 0 Å². The minimum Gasteiger partial charge on any atom is -0.462 e. The molecule has 0 amide bonds. The Kier molecular flexibility index (Phi) is 69.6. The Hall–Kier alpha value is -1.94. The zero-order chi connectivity index (χ0) is 74.6. The molecular weight excluding hydrogens is 1320 g/mol. The van der Waals surface area contributed by atoms with Crippen LogP contribution < -0.4 is 0 Å². The topological polar surface area (TPSA) is 237 Å². The molecule has 0 saturated carbocycles. The molecule has 101 heavy (non-hydrogen) atoms. The molecule has 0 heterocycles. The van der Waals surface area contributed by atoms with E-state index < -0.39 is 97.5 Å². The molecule has 0 fully saturated rings. The smallest absolute Gasteiger partial charge is 0.462 e. The highest BCUT2D eigenvalue weighted by Crippen LogP contribution is 2.45. The van der Waals surface area contributed by atoms with Gasteiger partial charge in [0.05, 0.1) is 26.4 Å². The molecule has 0 saturated heterocycles. The van der Waals surface area contributed by atoms with Gasteiger partial charge in [-0.2, -0.15) is 0 Å². The molecule has 0 radical (unpaired) electrons. The monoisotopic (exact) mass is 1480 g/mol. The van der Waals surface area contributed by atoms with Crippen molar-refractivity contribution in [3.05, 3.63) is 0 Å². The summed E-state index contributed by atoms with van der Waals surface area (Å²) in [5.41, 5.74) is 0. The number of phosphoric acid groups is 2. The molecule has 600 valence electrons. The van der Waals surface area contributed by atoms with Crippen molar-refractivity contribution in [3.8, 4) is 0 Å². The van der Waals surface area contributed by atoms with Gasteiger partial charge in [0.15, 0.2) is 12.2 Å². The second kappa shape index (κ2) is 71.0. The van der Waals surface area contributed by atoms with Crippen molar-refractivity contribution in [3.63, 3.8) is 0 Å². The lowest BCUT2D eigenvalue weighted by molar-refractivity contribution is -0.161. The van der Waals surface area contributed by atoms with Gasteiger partial charge in [0, 0.05) is 25.7 Å². The first-order valence-electron chi connectivity index (χ1n) is 42.2. The molecule has 0 bridgehead atoms. The lowest BCUT2D eigenvalue weighted by Gasteiger charge is -2.21. The number of hydrogen-bond acceptors (Lipinski definition) is 15. The van der Waals surface area contributed by atoms with Gasteiger partial charge in [0.25, 0.3) is 0 Å². The molecule has 19 heteroatoms. The average molecular weight is 1480 g/mol. The first-order valence-corrected chi connectivity index (χ1v) is 45.2. The summed E-state index contributed by atoms with van der Waals surface area (Å²) in [5, 5.41) is 10.6. The van der Waals surface area contributed by atoms with Crippen LogP contribution in [-0.2, 0) is 65.4 Å². The number of ether oxygens (including phenoxy) is 4. The van der Waals surface area contributed by atoms with Crippen molar-refractivity contribution >= 4 is 39.5 Å². The van der Waals surface area contributed by atoms with E-state index in [2.05, 4.69) is 55.4 Å². The van der Waals surface area contributed by atoms with Gasteiger partial charge in [-0.05, 0) is 49.4 Å². The number of esters is 4. The molecule has 4 unspecified atom stereocenters. The van der Waals surface area contributed by atoms with Crippen LogP contribution in [0, 0.1) is 23.7 Å². The van der Waals surface area contributed by atoms with E-state index in [0.29, 0.717) is 31.6 Å². The summed E-state index contributed by atoms with van der Waals surface area (Å²) >= 11 is 0. The number of rotatable bonds is 79. The van der Waals surface area contributed by atoms with Crippen molar-refractivity contribution in [2.45, 2.75) is 440 Å². The van der Waals surface area contributed by atoms with Crippen LogP contribution in [-0.4, -0.2) is 96.7 Å². The Morgan fingerprint density at radius 2 is 0.475 bits per heavy atom. The van der Waals surface area contributed by atoms with Gasteiger partial charge < -0.3 is 33.8 Å². The van der Waals surface area contributed by atoms with Crippen LogP contribution in [0.3, 0.4) is 0 Å². The number of aliphatic hydroxyl groups excluding tert-OH is 1. The van der Waals surface area contributed by atoms with Crippen LogP contribution in [0.15, 0.2) is 0 Å². The second-order valence-electron chi connectivity index (χ2n) is 31.2. The predicted molar refractivity (Wildman–Crippen MR) is 414 cm³/mol. The molecule has 6 atom stereocenters. The average Bonchev–Trinajstić information content (AvgIpc) is 0.918. The Morgan fingerprint density at radius 1 is 0.277 bits per heavy atom. The zero-order valence-electron chi connectivity index (χ0n) is 66.5. The standard InChI is InChI=1S/C82H160O17P2/c1-9-75(8)61-53-45-37-29-25-26-32-40-49-57-65-82(87)98-77(68-92-79(84)62-54-46-38-30-23-19-16-12-14-18-22-28-35-43-51-59-73(4)5)70-96-100(88,89)94-66-76(83)67-95-101(90,91)97-71-78(69-93-80(85)63-55-47-41-33-36-44-52-60-74(6)7)99-81(86)64-56-48-39-31-24-20-15-11-10-13-17-21-27-34-42-50-58-72(2)3/h72-78,83H,9-71H2,1-8H3,(H,88,89)(H,90,91)/t75?,76?,77-,78-/m1/s1. The molecule has 0 aliphatic heterocycles. The summed E-state index contributed by atoms with van der Waals surface area (Å²) < 4.78 is 68.7. The summed E-state index contributed by atoms with van der Waals surface area (Å²) in [5.74, 6) is 1.01. The van der Waals surface area contributed by atoms with E-state index in [1.165, 1.54) is 218 Å². The molecule has 3 N–H and O–H groups in total. The van der Waals surface area contributed by atoms with E-state index in [0.717, 1.165) is 114 Å². The van der Waals surface area contributed by atoms with Crippen LogP contribution >= 0.6 is 15.6 Å². The molecule has 0 aromatic heterocycles. The fourth-order valence-corrected chi connectivity index (χ4v) is 14.2. The molecule has 0 spiro atoms. The number of carbonyl (C=O) groups excluding carboxylic acids is 4. The zero-order valence-corrected chi connectivity index (χ0v) is 68.3. The molecule has 0 rings (SSSR count). The maximum absolute atomic E-state index is 13.1. The van der Waals surface area contributed by atoms with Gasteiger partial charge in [-0.3, -0.25) is 37.3 Å². The first kappa shape index (κ1) is 99.1. The fourth-order valence-electron chi connectivity index (χ4n) is 12.6. The Morgan fingerprint density at radius 3 is 0.703 bits per heavy atom. The lowest BCUT2D eigenvalue weighted by Crippen LogP contribution is -2.30. The summed E-state index contributed by atoms with van der Waals surface area (Å²) in [6.07, 6.45) is 58.3. The number of unbranched alkanes of at least 4 members (excludes halogenated alkanes) is 44. The molecule has 0 aliphatic carbocycles. The second-order valence-corrected chi connectivity index (χ2v) is 34.1. The van der Waals surface area contributed by atoms with Gasteiger partial charge in [-0.15, -0.1) is 0 Å². The van der Waals surface area contributed by atoms with E-state index in [1.54, 1.807) is 0 Å². The first-order chi connectivity index (χ1) is 48.6. The Balaban J connectivity index is 5.22. The van der Waals surface area contributed by atoms with Crippen molar-refractivity contribution < 1.29 is 80.2 Å². The third-order valence-corrected chi connectivity index (χ3v) is 21.3. The third-order valence-electron chi connectivity index (χ3n) is 19.4. The molecule has 0 aliphatic rings. The summed E-state index contributed by atoms with van der Waals surface area (Å²) in [4.78, 5) is 73.1. The largest absolute Gasteiger partial charge is 0.472 e. The third kappa shape index (κ3) is 74.7. The van der Waals surface area contributed by atoms with Crippen LogP contribution in [0.5, 0.6) is 0 Å². The van der Waals surface area contributed by atoms with E-state index in [9.17, 15) is 43.2 Å². The highest BCUT2D eigenvalue weighted by atomic mass is 31.2. The molecular formula is C82H160O17P2. The highest BCUT2D eigenvalue weighted by Gasteiger charge is 2.30. The lowest BCUT2D eigenvalue weighted by atomic mass is 9.99. The van der Waals surface area contributed by atoms with E-state index in [4.69, 9.17) is 37.0 Å². The summed E-state index contributed by atoms with van der Waals surface area (Å²) in [7, 11) is -9.92. The number of phosphoric ester groups is 2. The van der Waals surface area contributed by atoms with Crippen LogP contribution in [0.4, 0.5) is 0 Å². The summed E-state index contributed by atoms with van der Waals surface area (Å²) in [6, 6.07) is 0. The minimum absolute atomic E-state index is 0.106. The van der Waals surface area contributed by atoms with E-state index in [1.807, 2.05) is 0 Å². The number of aliphatic hydroxyl groups is 1. The van der Waals surface area contributed by atoms with Gasteiger partial charge in [-0.1, -0.05) is 370 Å². The van der Waals surface area contributed by atoms with Gasteiger partial charge in [-0.25, -0.2) is 9.13 Å². The van der Waals surface area contributed by atoms with Gasteiger partial charge in [0.1, 0.15) is 19.3 Å². The Bertz CT molecular complexity index is 1970. The van der Waals surface area contributed by atoms with Crippen LogP contribution in [0.2, 0.25) is 0 Å². The molecule has 17 nitrogen and oxygen atoms in total. The molecule has 0 aromatic carbocycles. The number of carbonyl (C=O) groups is 4. The molecule has 0 aromatic rings. The van der Waals surface area contributed by atoms with Gasteiger partial charge in [0.2, 0.25) is 0 Å². The van der Waals surface area contributed by atoms with Crippen molar-refractivity contribution in [2.24, 2.45) is 23.7 Å². The highest BCUT2D eigenvalue weighted by molar-refractivity contribution is 7.47. The Labute approximate surface area is 619 Å². The maximum atomic E-state index is 13.1. The SMILES string of the molecule is CCC(C)CCCCCCCCCCCCC(=O)O[C@H](COC(=O)CCCCCCCCCCCCCCCCCC(C)C)COP(=O)(O)OCC(O)COP(=O)(O)OC[C@@H](COC(=O)CCCCCCCCCC(C)C)OC(=O)CCCCCCCCCCCCCCCCCCC(C)C. The van der Waals surface area contributed by atoms with E-state index >= 15 is 0 Å². The summed E-state index contributed by atoms with van der Waals surface area (Å²) in [6.45, 7) is 14.3. The van der Waals surface area contributed by atoms with Crippen molar-refractivity contribution in [2.75, 3.05) is 39.6 Å². The van der Waals surface area contributed by atoms with Crippen molar-refractivity contribution in [1.29, 1.82) is 0 Å². The quantitative estimate of drug-likeness (QED) is 0.0222. The van der Waals surface area contributed by atoms with Crippen LogP contribution in [0.1, 0.15) is 421 Å². The van der Waals surface area contributed by atoms with Gasteiger partial charge >= 0.3 is 39.5 Å².